The minimum absolute atomic E-state index is 0.0401. The molecule has 162 valence electrons. The molecule has 2 aliphatic carbocycles. The van der Waals surface area contributed by atoms with Crippen molar-refractivity contribution in [3.8, 4) is 6.07 Å². The van der Waals surface area contributed by atoms with Gasteiger partial charge in [-0.15, -0.1) is 0 Å². The van der Waals surface area contributed by atoms with Gasteiger partial charge in [-0.3, -0.25) is 0 Å². The monoisotopic (exact) mass is 387 g/mol. The second-order valence-corrected chi connectivity index (χ2v) is 10.4. The number of rotatable bonds is 13. The maximum absolute atomic E-state index is 9.86. The fraction of sp³-hybridized carbons (Fsp3) is 0.963. The van der Waals surface area contributed by atoms with E-state index in [-0.39, 0.29) is 5.41 Å². The fourth-order valence-electron chi connectivity index (χ4n) is 6.13. The van der Waals surface area contributed by atoms with E-state index >= 15 is 0 Å². The molecule has 0 N–H and O–H groups in total. The van der Waals surface area contributed by atoms with Crippen LogP contribution < -0.4 is 0 Å². The summed E-state index contributed by atoms with van der Waals surface area (Å²) in [5.74, 6) is 2.95. The van der Waals surface area contributed by atoms with E-state index in [1.807, 2.05) is 0 Å². The van der Waals surface area contributed by atoms with Crippen LogP contribution in [0.25, 0.3) is 0 Å². The maximum atomic E-state index is 9.86. The van der Waals surface area contributed by atoms with E-state index in [4.69, 9.17) is 0 Å². The molecule has 2 aliphatic rings. The average molecular weight is 388 g/mol. The summed E-state index contributed by atoms with van der Waals surface area (Å²) in [7, 11) is 0. The molecule has 28 heavy (non-hydrogen) atoms. The summed E-state index contributed by atoms with van der Waals surface area (Å²) in [4.78, 5) is 0. The number of unbranched alkanes of at least 4 members (excludes halogenated alkanes) is 8. The normalized spacial score (nSPS) is 30.8. The Morgan fingerprint density at radius 1 is 0.679 bits per heavy atom. The van der Waals surface area contributed by atoms with Crippen LogP contribution in [0.1, 0.15) is 142 Å². The lowest BCUT2D eigenvalue weighted by atomic mass is 9.63. The van der Waals surface area contributed by atoms with Crippen molar-refractivity contribution in [2.24, 2.45) is 23.2 Å². The third-order valence-electron chi connectivity index (χ3n) is 8.26. The van der Waals surface area contributed by atoms with E-state index in [9.17, 15) is 5.26 Å². The summed E-state index contributed by atoms with van der Waals surface area (Å²) >= 11 is 0. The number of hydrogen-bond acceptors (Lipinski definition) is 1. The van der Waals surface area contributed by atoms with Crippen molar-refractivity contribution >= 4 is 0 Å². The molecule has 2 rings (SSSR count). The second-order valence-electron chi connectivity index (χ2n) is 10.4. The van der Waals surface area contributed by atoms with Crippen molar-refractivity contribution in [2.45, 2.75) is 142 Å². The van der Waals surface area contributed by atoms with E-state index < -0.39 is 0 Å². The lowest BCUT2D eigenvalue weighted by Gasteiger charge is -2.41. The smallest absolute Gasteiger partial charge is 0.0689 e. The first-order valence-corrected chi connectivity index (χ1v) is 13.1. The first-order chi connectivity index (χ1) is 13.7. The predicted molar refractivity (Wildman–Crippen MR) is 122 cm³/mol. The van der Waals surface area contributed by atoms with Gasteiger partial charge < -0.3 is 0 Å². The Kier molecular flexibility index (Phi) is 11.6. The Labute approximate surface area is 177 Å². The van der Waals surface area contributed by atoms with E-state index in [1.54, 1.807) is 0 Å². The molecule has 0 bridgehead atoms. The summed E-state index contributed by atoms with van der Waals surface area (Å²) in [5.41, 5.74) is 0.0401. The fourth-order valence-corrected chi connectivity index (χ4v) is 6.13. The molecule has 0 aromatic rings. The molecule has 1 nitrogen and oxygen atoms in total. The maximum Gasteiger partial charge on any atom is 0.0689 e. The van der Waals surface area contributed by atoms with Crippen LogP contribution >= 0.6 is 0 Å². The predicted octanol–water partition coefficient (Wildman–Crippen LogP) is 9.21. The molecule has 2 fully saturated rings. The van der Waals surface area contributed by atoms with Crippen molar-refractivity contribution < 1.29 is 0 Å². The first kappa shape index (κ1) is 23.8. The Hall–Kier alpha value is -0.510. The molecule has 0 aliphatic heterocycles. The van der Waals surface area contributed by atoms with E-state index in [1.165, 1.54) is 128 Å². The Morgan fingerprint density at radius 2 is 1.21 bits per heavy atom. The van der Waals surface area contributed by atoms with Gasteiger partial charge in [0.25, 0.3) is 0 Å². The number of nitriles is 1. The van der Waals surface area contributed by atoms with Crippen molar-refractivity contribution in [2.75, 3.05) is 0 Å². The van der Waals surface area contributed by atoms with Crippen LogP contribution in [0.3, 0.4) is 0 Å². The van der Waals surface area contributed by atoms with Crippen LogP contribution in [0.2, 0.25) is 0 Å². The Bertz CT molecular complexity index is 418. The molecule has 0 amide bonds. The van der Waals surface area contributed by atoms with Gasteiger partial charge in [-0.25, -0.2) is 0 Å². The minimum Gasteiger partial charge on any atom is -0.198 e. The SMILES string of the molecule is CCCCCCCC1CCC([C@H]2CC[C@](C#N)(CCCCCCC)CC2)CC1. The molecular weight excluding hydrogens is 338 g/mol. The minimum atomic E-state index is 0.0401. The third-order valence-corrected chi connectivity index (χ3v) is 8.26. The van der Waals surface area contributed by atoms with Crippen molar-refractivity contribution in [3.05, 3.63) is 0 Å². The lowest BCUT2D eigenvalue weighted by molar-refractivity contribution is 0.114. The van der Waals surface area contributed by atoms with Crippen molar-refractivity contribution in [1.82, 2.24) is 0 Å². The standard InChI is InChI=1S/C27H49N/c1-3-5-7-9-11-13-24-14-16-25(17-15-24)26-18-21-27(23-28,22-19-26)20-12-10-8-6-4-2/h24-26H,3-22H2,1-2H3/t24?,25?,26-,27+. The zero-order valence-electron chi connectivity index (χ0n) is 19.3. The van der Waals surface area contributed by atoms with Crippen LogP contribution in [-0.4, -0.2) is 0 Å². The van der Waals surface area contributed by atoms with Gasteiger partial charge in [0.15, 0.2) is 0 Å². The molecule has 2 saturated carbocycles. The zero-order chi connectivity index (χ0) is 20.1. The highest BCUT2D eigenvalue weighted by atomic mass is 14.4. The molecule has 0 heterocycles. The zero-order valence-corrected chi connectivity index (χ0v) is 19.3. The highest BCUT2D eigenvalue weighted by molar-refractivity contribution is 5.02. The lowest BCUT2D eigenvalue weighted by Crippen LogP contribution is -2.31. The van der Waals surface area contributed by atoms with Gasteiger partial charge in [-0.1, -0.05) is 97.3 Å². The van der Waals surface area contributed by atoms with Crippen molar-refractivity contribution in [1.29, 1.82) is 5.26 Å². The van der Waals surface area contributed by atoms with Crippen molar-refractivity contribution in [3.63, 3.8) is 0 Å². The summed E-state index contributed by atoms with van der Waals surface area (Å²) in [6, 6.07) is 2.78. The van der Waals surface area contributed by atoms with E-state index in [0.29, 0.717) is 0 Å². The quantitative estimate of drug-likeness (QED) is 0.289. The van der Waals surface area contributed by atoms with Gasteiger partial charge in [0.1, 0.15) is 0 Å². The Balaban J connectivity index is 1.62. The number of hydrogen-bond donors (Lipinski definition) is 0. The molecule has 0 saturated heterocycles. The van der Waals surface area contributed by atoms with Gasteiger partial charge in [-0.05, 0) is 62.7 Å². The molecule has 0 atom stereocenters. The molecule has 0 aromatic carbocycles. The molecular formula is C27H49N. The van der Waals surface area contributed by atoms with Gasteiger partial charge >= 0.3 is 0 Å². The van der Waals surface area contributed by atoms with Crippen LogP contribution in [0, 0.1) is 34.5 Å². The van der Waals surface area contributed by atoms with Crippen LogP contribution in [0.5, 0.6) is 0 Å². The van der Waals surface area contributed by atoms with Crippen LogP contribution in [0.4, 0.5) is 0 Å². The first-order valence-electron chi connectivity index (χ1n) is 13.1. The average Bonchev–Trinajstić information content (AvgIpc) is 2.74. The number of nitrogens with zero attached hydrogens (tertiary/aromatic N) is 1. The van der Waals surface area contributed by atoms with Gasteiger partial charge in [0, 0.05) is 0 Å². The molecule has 0 radical (unpaired) electrons. The van der Waals surface area contributed by atoms with Gasteiger partial charge in [-0.2, -0.15) is 5.26 Å². The van der Waals surface area contributed by atoms with E-state index in [2.05, 4.69) is 19.9 Å². The molecule has 1 heteroatoms. The largest absolute Gasteiger partial charge is 0.198 e. The molecule has 0 aromatic heterocycles. The third kappa shape index (κ3) is 8.08. The molecule has 0 unspecified atom stereocenters. The second kappa shape index (κ2) is 13.7. The highest BCUT2D eigenvalue weighted by Crippen LogP contribution is 2.47. The summed E-state index contributed by atoms with van der Waals surface area (Å²) in [5, 5.41) is 9.86. The summed E-state index contributed by atoms with van der Waals surface area (Å²) in [6.45, 7) is 4.58. The molecule has 0 spiro atoms. The van der Waals surface area contributed by atoms with Crippen LogP contribution in [0.15, 0.2) is 0 Å². The van der Waals surface area contributed by atoms with Gasteiger partial charge in [0.05, 0.1) is 11.5 Å². The topological polar surface area (TPSA) is 23.8 Å². The summed E-state index contributed by atoms with van der Waals surface area (Å²) in [6.07, 6.45) is 27.5. The Morgan fingerprint density at radius 3 is 1.79 bits per heavy atom. The van der Waals surface area contributed by atoms with E-state index in [0.717, 1.165) is 17.8 Å². The summed E-state index contributed by atoms with van der Waals surface area (Å²) < 4.78 is 0. The highest BCUT2D eigenvalue weighted by Gasteiger charge is 2.38. The van der Waals surface area contributed by atoms with Crippen LogP contribution in [-0.2, 0) is 0 Å². The van der Waals surface area contributed by atoms with Gasteiger partial charge in [0.2, 0.25) is 0 Å².